The van der Waals surface area contributed by atoms with E-state index in [-0.39, 0.29) is 5.91 Å². The number of carbonyl (C=O) groups excluding carboxylic acids is 2. The van der Waals surface area contributed by atoms with Crippen LogP contribution in [0.3, 0.4) is 0 Å². The number of hydrogen-bond donors (Lipinski definition) is 1. The molecule has 0 saturated heterocycles. The van der Waals surface area contributed by atoms with Gasteiger partial charge in [0, 0.05) is 30.7 Å². The van der Waals surface area contributed by atoms with Crippen LogP contribution in [-0.2, 0) is 11.2 Å². The van der Waals surface area contributed by atoms with E-state index in [9.17, 15) is 9.59 Å². The number of benzene rings is 1. The third-order valence-electron chi connectivity index (χ3n) is 3.52. The van der Waals surface area contributed by atoms with E-state index in [1.807, 2.05) is 18.2 Å². The highest BCUT2D eigenvalue weighted by molar-refractivity contribution is 6.01. The average Bonchev–Trinajstić information content (AvgIpc) is 2.74. The van der Waals surface area contributed by atoms with Crippen LogP contribution < -0.4 is 10.6 Å². The molecule has 0 spiro atoms. The summed E-state index contributed by atoms with van der Waals surface area (Å²) in [6, 6.07) is 7.49. The molecular formula is C15H13N3O2. The predicted octanol–water partition coefficient (Wildman–Crippen LogP) is 1.37. The minimum Gasteiger partial charge on any atom is -0.366 e. The van der Waals surface area contributed by atoms with Gasteiger partial charge in [0.15, 0.2) is 0 Å². The summed E-state index contributed by atoms with van der Waals surface area (Å²) in [5.41, 5.74) is 9.25. The molecule has 1 aromatic carbocycles. The fourth-order valence-corrected chi connectivity index (χ4v) is 2.35. The maximum atomic E-state index is 11.7. The molecule has 0 saturated carbocycles. The maximum Gasteiger partial charge on any atom is 0.250 e. The number of nitrogens with zero attached hydrogens (tertiary/aromatic N) is 2. The Kier molecular flexibility index (Phi) is 2.75. The summed E-state index contributed by atoms with van der Waals surface area (Å²) in [5.74, 6) is -0.422. The van der Waals surface area contributed by atoms with Crippen molar-refractivity contribution in [3.63, 3.8) is 0 Å². The van der Waals surface area contributed by atoms with Crippen molar-refractivity contribution in [1.82, 2.24) is 4.98 Å². The molecule has 0 aliphatic carbocycles. The lowest BCUT2D eigenvalue weighted by Gasteiger charge is -2.11. The normalized spacial score (nSPS) is 13.4. The fourth-order valence-electron chi connectivity index (χ4n) is 2.35. The van der Waals surface area contributed by atoms with E-state index in [0.717, 1.165) is 22.4 Å². The zero-order valence-electron chi connectivity index (χ0n) is 11.0. The standard InChI is InChI=1S/C15H13N3O2/c1-18-13-5-9(2-3-10(13)6-14(18)19)11-4-12(15(16)20)8-17-7-11/h2-5,7-8H,6H2,1H3,(H2,16,20). The van der Waals surface area contributed by atoms with Crippen LogP contribution in [0.1, 0.15) is 15.9 Å². The van der Waals surface area contributed by atoms with Crippen LogP contribution in [0.4, 0.5) is 5.69 Å². The highest BCUT2D eigenvalue weighted by atomic mass is 16.2. The lowest BCUT2D eigenvalue weighted by Crippen LogP contribution is -2.20. The van der Waals surface area contributed by atoms with E-state index in [4.69, 9.17) is 5.73 Å². The van der Waals surface area contributed by atoms with Gasteiger partial charge >= 0.3 is 0 Å². The van der Waals surface area contributed by atoms with Crippen molar-refractivity contribution in [2.24, 2.45) is 5.73 Å². The topological polar surface area (TPSA) is 76.3 Å². The lowest BCUT2D eigenvalue weighted by atomic mass is 10.0. The first-order valence-corrected chi connectivity index (χ1v) is 6.21. The largest absolute Gasteiger partial charge is 0.366 e. The van der Waals surface area contributed by atoms with E-state index in [1.54, 1.807) is 24.2 Å². The number of anilines is 1. The second-order valence-corrected chi connectivity index (χ2v) is 4.80. The quantitative estimate of drug-likeness (QED) is 0.892. The zero-order valence-corrected chi connectivity index (χ0v) is 11.0. The van der Waals surface area contributed by atoms with E-state index in [2.05, 4.69) is 4.98 Å². The number of aromatic nitrogens is 1. The number of pyridine rings is 1. The number of likely N-dealkylation sites (N-methyl/N-ethyl adjacent to an activating group) is 1. The van der Waals surface area contributed by atoms with E-state index < -0.39 is 5.91 Å². The van der Waals surface area contributed by atoms with Crippen LogP contribution in [0, 0.1) is 0 Å². The van der Waals surface area contributed by atoms with Crippen molar-refractivity contribution in [2.75, 3.05) is 11.9 Å². The maximum absolute atomic E-state index is 11.7. The molecule has 2 amide bonds. The SMILES string of the molecule is CN1C(=O)Cc2ccc(-c3cncc(C(N)=O)c3)cc21. The third kappa shape index (κ3) is 1.93. The first-order chi connectivity index (χ1) is 9.56. The van der Waals surface area contributed by atoms with E-state index >= 15 is 0 Å². The predicted molar refractivity (Wildman–Crippen MR) is 75.3 cm³/mol. The van der Waals surface area contributed by atoms with Crippen molar-refractivity contribution in [3.8, 4) is 11.1 Å². The van der Waals surface area contributed by atoms with Crippen molar-refractivity contribution in [3.05, 3.63) is 47.8 Å². The van der Waals surface area contributed by atoms with Gasteiger partial charge in [-0.15, -0.1) is 0 Å². The molecule has 0 radical (unpaired) electrons. The highest BCUT2D eigenvalue weighted by Gasteiger charge is 2.24. The van der Waals surface area contributed by atoms with Gasteiger partial charge in [-0.1, -0.05) is 12.1 Å². The summed E-state index contributed by atoms with van der Waals surface area (Å²) in [4.78, 5) is 28.5. The van der Waals surface area contributed by atoms with Gasteiger partial charge in [0.2, 0.25) is 11.8 Å². The Bertz CT molecular complexity index is 725. The van der Waals surface area contributed by atoms with Crippen molar-refractivity contribution in [2.45, 2.75) is 6.42 Å². The summed E-state index contributed by atoms with van der Waals surface area (Å²) in [7, 11) is 1.76. The Morgan fingerprint density at radius 3 is 2.80 bits per heavy atom. The average molecular weight is 267 g/mol. The Morgan fingerprint density at radius 1 is 1.25 bits per heavy atom. The highest BCUT2D eigenvalue weighted by Crippen LogP contribution is 2.32. The first-order valence-electron chi connectivity index (χ1n) is 6.21. The number of primary amides is 1. The summed E-state index contributed by atoms with van der Waals surface area (Å²) in [6.07, 6.45) is 3.55. The number of nitrogens with two attached hydrogens (primary N) is 1. The fraction of sp³-hybridized carbons (Fsp3) is 0.133. The molecule has 0 bridgehead atoms. The Labute approximate surface area is 116 Å². The van der Waals surface area contributed by atoms with Gasteiger partial charge in [-0.3, -0.25) is 14.6 Å². The molecule has 0 fully saturated rings. The molecule has 2 N–H and O–H groups in total. The molecule has 1 aliphatic rings. The molecule has 2 heterocycles. The number of amides is 2. The van der Waals surface area contributed by atoms with Gasteiger partial charge in [0.1, 0.15) is 0 Å². The number of hydrogen-bond acceptors (Lipinski definition) is 3. The molecule has 100 valence electrons. The van der Waals surface area contributed by atoms with Crippen molar-refractivity contribution in [1.29, 1.82) is 0 Å². The van der Waals surface area contributed by atoms with Gasteiger partial charge in [-0.2, -0.15) is 0 Å². The molecule has 3 rings (SSSR count). The van der Waals surface area contributed by atoms with Crippen molar-refractivity contribution >= 4 is 17.5 Å². The van der Waals surface area contributed by atoms with Gasteiger partial charge in [-0.05, 0) is 23.3 Å². The molecule has 1 aromatic heterocycles. The van der Waals surface area contributed by atoms with Crippen LogP contribution in [0.5, 0.6) is 0 Å². The van der Waals surface area contributed by atoms with Crippen LogP contribution in [-0.4, -0.2) is 23.8 Å². The van der Waals surface area contributed by atoms with Gasteiger partial charge < -0.3 is 10.6 Å². The number of carbonyl (C=O) groups is 2. The Hall–Kier alpha value is -2.69. The summed E-state index contributed by atoms with van der Waals surface area (Å²) in [5, 5.41) is 0. The minimum absolute atomic E-state index is 0.0844. The van der Waals surface area contributed by atoms with Crippen molar-refractivity contribution < 1.29 is 9.59 Å². The second kappa shape index (κ2) is 4.45. The molecule has 5 nitrogen and oxygen atoms in total. The minimum atomic E-state index is -0.507. The number of fused-ring (bicyclic) bond motifs is 1. The molecule has 20 heavy (non-hydrogen) atoms. The summed E-state index contributed by atoms with van der Waals surface area (Å²) in [6.45, 7) is 0. The van der Waals surface area contributed by atoms with Gasteiger partial charge in [-0.25, -0.2) is 0 Å². The van der Waals surface area contributed by atoms with Gasteiger partial charge in [0.25, 0.3) is 0 Å². The summed E-state index contributed by atoms with van der Waals surface area (Å²) < 4.78 is 0. The third-order valence-corrected chi connectivity index (χ3v) is 3.52. The molecule has 0 unspecified atom stereocenters. The summed E-state index contributed by atoms with van der Waals surface area (Å²) >= 11 is 0. The van der Waals surface area contributed by atoms with Gasteiger partial charge in [0.05, 0.1) is 12.0 Å². The second-order valence-electron chi connectivity index (χ2n) is 4.80. The molecule has 2 aromatic rings. The molecular weight excluding hydrogens is 254 g/mol. The van der Waals surface area contributed by atoms with E-state index in [0.29, 0.717) is 12.0 Å². The smallest absolute Gasteiger partial charge is 0.250 e. The van der Waals surface area contributed by atoms with E-state index in [1.165, 1.54) is 6.20 Å². The zero-order chi connectivity index (χ0) is 14.3. The monoisotopic (exact) mass is 267 g/mol. The Balaban J connectivity index is 2.06. The molecule has 1 aliphatic heterocycles. The van der Waals surface area contributed by atoms with Crippen LogP contribution in [0.2, 0.25) is 0 Å². The number of rotatable bonds is 2. The first kappa shape index (κ1) is 12.3. The lowest BCUT2D eigenvalue weighted by molar-refractivity contribution is -0.117. The van der Waals surface area contributed by atoms with Crippen LogP contribution >= 0.6 is 0 Å². The van der Waals surface area contributed by atoms with Crippen LogP contribution in [0.15, 0.2) is 36.7 Å². The Morgan fingerprint density at radius 2 is 2.05 bits per heavy atom. The molecule has 0 atom stereocenters. The van der Waals surface area contributed by atoms with Crippen LogP contribution in [0.25, 0.3) is 11.1 Å². The molecule has 5 heteroatoms.